The summed E-state index contributed by atoms with van der Waals surface area (Å²) < 4.78 is 0. The fourth-order valence-electron chi connectivity index (χ4n) is 2.59. The smallest absolute Gasteiger partial charge is 0.0544 e. The van der Waals surface area contributed by atoms with Gasteiger partial charge in [0.05, 0.1) is 5.52 Å². The Morgan fingerprint density at radius 3 is 2.16 bits per heavy atom. The van der Waals surface area contributed by atoms with Gasteiger partial charge in [0.25, 0.3) is 0 Å². The van der Waals surface area contributed by atoms with Crippen molar-refractivity contribution >= 4 is 32.6 Å². The minimum absolute atomic E-state index is 1.21. The van der Waals surface area contributed by atoms with Gasteiger partial charge >= 0.3 is 0 Å². The molecule has 0 aliphatic carbocycles. The van der Waals surface area contributed by atoms with Crippen molar-refractivity contribution in [1.29, 1.82) is 0 Å². The molecule has 19 heavy (non-hydrogen) atoms. The summed E-state index contributed by atoms with van der Waals surface area (Å²) in [7, 11) is 0. The SMILES string of the molecule is CC.c1ccc2c(c1)ccc1c3ccccc3[nH]c21. The predicted molar refractivity (Wildman–Crippen MR) is 84.7 cm³/mol. The molecule has 0 bridgehead atoms. The minimum Gasteiger partial charge on any atom is -0.354 e. The van der Waals surface area contributed by atoms with E-state index >= 15 is 0 Å². The number of nitrogens with one attached hydrogen (secondary N) is 1. The molecule has 0 saturated carbocycles. The number of rotatable bonds is 0. The van der Waals surface area contributed by atoms with Crippen molar-refractivity contribution in [3.8, 4) is 0 Å². The molecule has 0 aliphatic rings. The summed E-state index contributed by atoms with van der Waals surface area (Å²) in [5.41, 5.74) is 2.45. The van der Waals surface area contributed by atoms with E-state index in [0.29, 0.717) is 0 Å². The third-order valence-corrected chi connectivity index (χ3v) is 3.41. The third kappa shape index (κ3) is 1.78. The largest absolute Gasteiger partial charge is 0.354 e. The van der Waals surface area contributed by atoms with Gasteiger partial charge in [-0.1, -0.05) is 68.4 Å². The van der Waals surface area contributed by atoms with Crippen LogP contribution in [0.1, 0.15) is 13.8 Å². The van der Waals surface area contributed by atoms with Crippen LogP contribution in [-0.2, 0) is 0 Å². The molecular formula is C18H17N. The van der Waals surface area contributed by atoms with Crippen LogP contribution in [0.4, 0.5) is 0 Å². The zero-order valence-electron chi connectivity index (χ0n) is 11.3. The lowest BCUT2D eigenvalue weighted by molar-refractivity contribution is 1.50. The van der Waals surface area contributed by atoms with Crippen LogP contribution in [0.5, 0.6) is 0 Å². The first-order chi connectivity index (χ1) is 9.43. The van der Waals surface area contributed by atoms with Crippen LogP contribution in [0.2, 0.25) is 0 Å². The van der Waals surface area contributed by atoms with Crippen molar-refractivity contribution < 1.29 is 0 Å². The van der Waals surface area contributed by atoms with Crippen LogP contribution in [0, 0.1) is 0 Å². The zero-order chi connectivity index (χ0) is 13.2. The molecule has 0 saturated heterocycles. The van der Waals surface area contributed by atoms with E-state index in [2.05, 4.69) is 65.6 Å². The van der Waals surface area contributed by atoms with Crippen LogP contribution in [0.3, 0.4) is 0 Å². The number of H-pyrrole nitrogens is 1. The number of aromatic nitrogens is 1. The van der Waals surface area contributed by atoms with Crippen molar-refractivity contribution in [2.24, 2.45) is 0 Å². The number of benzene rings is 3. The average Bonchev–Trinajstić information content (AvgIpc) is 2.88. The lowest BCUT2D eigenvalue weighted by atomic mass is 10.1. The van der Waals surface area contributed by atoms with E-state index in [1.807, 2.05) is 13.8 Å². The molecule has 1 heteroatoms. The van der Waals surface area contributed by atoms with Gasteiger partial charge in [-0.05, 0) is 11.5 Å². The van der Waals surface area contributed by atoms with E-state index in [1.54, 1.807) is 0 Å². The van der Waals surface area contributed by atoms with Gasteiger partial charge in [-0.15, -0.1) is 0 Å². The van der Waals surface area contributed by atoms with Crippen LogP contribution < -0.4 is 0 Å². The lowest BCUT2D eigenvalue weighted by Crippen LogP contribution is -1.74. The molecule has 1 aromatic heterocycles. The van der Waals surface area contributed by atoms with Gasteiger partial charge in [-0.25, -0.2) is 0 Å². The van der Waals surface area contributed by atoms with Crippen molar-refractivity contribution in [3.05, 3.63) is 60.7 Å². The third-order valence-electron chi connectivity index (χ3n) is 3.41. The van der Waals surface area contributed by atoms with E-state index < -0.39 is 0 Å². The molecule has 1 N–H and O–H groups in total. The molecule has 0 aliphatic heterocycles. The summed E-state index contributed by atoms with van der Waals surface area (Å²) >= 11 is 0. The van der Waals surface area contributed by atoms with Crippen molar-refractivity contribution in [1.82, 2.24) is 4.98 Å². The van der Waals surface area contributed by atoms with E-state index in [1.165, 1.54) is 32.6 Å². The molecule has 0 atom stereocenters. The first-order valence-electron chi connectivity index (χ1n) is 6.82. The monoisotopic (exact) mass is 247 g/mol. The quantitative estimate of drug-likeness (QED) is 0.422. The van der Waals surface area contributed by atoms with Gasteiger partial charge in [0.15, 0.2) is 0 Å². The van der Waals surface area contributed by atoms with Crippen molar-refractivity contribution in [2.75, 3.05) is 0 Å². The Labute approximate surface area is 112 Å². The summed E-state index contributed by atoms with van der Waals surface area (Å²) in [6.45, 7) is 4.00. The highest BCUT2D eigenvalue weighted by molar-refractivity contribution is 6.16. The molecule has 0 fully saturated rings. The lowest BCUT2D eigenvalue weighted by Gasteiger charge is -1.98. The number of aromatic amines is 1. The first-order valence-corrected chi connectivity index (χ1v) is 6.82. The molecule has 1 nitrogen and oxygen atoms in total. The zero-order valence-corrected chi connectivity index (χ0v) is 11.3. The molecule has 0 unspecified atom stereocenters. The number of hydrogen-bond acceptors (Lipinski definition) is 0. The molecular weight excluding hydrogens is 230 g/mol. The molecule has 0 radical (unpaired) electrons. The van der Waals surface area contributed by atoms with Crippen molar-refractivity contribution in [3.63, 3.8) is 0 Å². The summed E-state index contributed by atoms with van der Waals surface area (Å²) in [6.07, 6.45) is 0. The highest BCUT2D eigenvalue weighted by Gasteiger charge is 2.05. The molecule has 3 aromatic carbocycles. The molecule has 4 rings (SSSR count). The van der Waals surface area contributed by atoms with Crippen LogP contribution >= 0.6 is 0 Å². The standard InChI is InChI=1S/C16H11N.C2H6/c1-2-6-12-11(5-1)9-10-14-13-7-3-4-8-15(13)17-16(12)14;1-2/h1-10,17H;1-2H3. The van der Waals surface area contributed by atoms with Crippen LogP contribution in [0.25, 0.3) is 32.6 Å². The maximum atomic E-state index is 3.52. The normalized spacial score (nSPS) is 10.6. The van der Waals surface area contributed by atoms with Gasteiger partial charge in [0, 0.05) is 21.7 Å². The van der Waals surface area contributed by atoms with E-state index in [0.717, 1.165) is 0 Å². The second-order valence-corrected chi connectivity index (χ2v) is 4.38. The Hall–Kier alpha value is -2.28. The maximum absolute atomic E-state index is 3.52. The summed E-state index contributed by atoms with van der Waals surface area (Å²) in [6, 6.07) is 21.4. The van der Waals surface area contributed by atoms with Crippen molar-refractivity contribution in [2.45, 2.75) is 13.8 Å². The topological polar surface area (TPSA) is 15.8 Å². The molecule has 4 aromatic rings. The summed E-state index contributed by atoms with van der Waals surface area (Å²) in [4.78, 5) is 3.52. The molecule has 1 heterocycles. The highest BCUT2D eigenvalue weighted by atomic mass is 14.7. The second kappa shape index (κ2) is 4.77. The molecule has 0 spiro atoms. The first kappa shape index (κ1) is 11.8. The van der Waals surface area contributed by atoms with E-state index in [4.69, 9.17) is 0 Å². The Morgan fingerprint density at radius 2 is 1.32 bits per heavy atom. The van der Waals surface area contributed by atoms with Gasteiger partial charge in [-0.2, -0.15) is 0 Å². The fourth-order valence-corrected chi connectivity index (χ4v) is 2.59. The summed E-state index contributed by atoms with van der Waals surface area (Å²) in [5, 5.41) is 5.18. The number of hydrogen-bond donors (Lipinski definition) is 1. The number of para-hydroxylation sites is 1. The van der Waals surface area contributed by atoms with Crippen LogP contribution in [0.15, 0.2) is 60.7 Å². The maximum Gasteiger partial charge on any atom is 0.0544 e. The van der Waals surface area contributed by atoms with E-state index in [-0.39, 0.29) is 0 Å². The average molecular weight is 247 g/mol. The molecule has 94 valence electrons. The van der Waals surface area contributed by atoms with Gasteiger partial charge in [0.2, 0.25) is 0 Å². The van der Waals surface area contributed by atoms with Gasteiger partial charge in [-0.3, -0.25) is 0 Å². The minimum atomic E-state index is 1.21. The van der Waals surface area contributed by atoms with Gasteiger partial charge in [0.1, 0.15) is 0 Å². The van der Waals surface area contributed by atoms with E-state index in [9.17, 15) is 0 Å². The second-order valence-electron chi connectivity index (χ2n) is 4.38. The fraction of sp³-hybridized carbons (Fsp3) is 0.111. The Balaban J connectivity index is 0.000000528. The Bertz CT molecular complexity index is 840. The number of fused-ring (bicyclic) bond motifs is 5. The van der Waals surface area contributed by atoms with Gasteiger partial charge < -0.3 is 4.98 Å². The summed E-state index contributed by atoms with van der Waals surface area (Å²) in [5.74, 6) is 0. The predicted octanol–water partition coefficient (Wildman–Crippen LogP) is 5.50. The van der Waals surface area contributed by atoms with Crippen LogP contribution in [-0.4, -0.2) is 4.98 Å². The highest BCUT2D eigenvalue weighted by Crippen LogP contribution is 2.30. The Morgan fingerprint density at radius 1 is 0.632 bits per heavy atom. The molecule has 0 amide bonds. The Kier molecular flexibility index (Phi) is 2.96.